The van der Waals surface area contributed by atoms with Crippen molar-refractivity contribution in [1.82, 2.24) is 0 Å². The Hall–Kier alpha value is -7.68. The van der Waals surface area contributed by atoms with E-state index in [4.69, 9.17) is 4.42 Å². The fraction of sp³-hybridized carbons (Fsp3) is 0.0345. The zero-order valence-electron chi connectivity index (χ0n) is 33.0. The molecule has 0 radical (unpaired) electrons. The van der Waals surface area contributed by atoms with E-state index in [-0.39, 0.29) is 5.41 Å². The Balaban J connectivity index is 1.05. The number of benzene rings is 10. The second-order valence-electron chi connectivity index (χ2n) is 16.5. The van der Waals surface area contributed by atoms with E-state index in [0.29, 0.717) is 0 Å². The Bertz CT molecular complexity index is 3590. The van der Waals surface area contributed by atoms with Gasteiger partial charge < -0.3 is 9.32 Å². The predicted octanol–water partition coefficient (Wildman–Crippen LogP) is 16.0. The van der Waals surface area contributed by atoms with Crippen LogP contribution in [0.4, 0.5) is 17.1 Å². The van der Waals surface area contributed by atoms with Crippen molar-refractivity contribution in [3.05, 3.63) is 223 Å². The van der Waals surface area contributed by atoms with E-state index in [0.717, 1.165) is 38.8 Å². The van der Waals surface area contributed by atoms with Crippen LogP contribution in [0, 0.1) is 0 Å². The third-order valence-corrected chi connectivity index (χ3v) is 13.4. The molecule has 2 aliphatic rings. The average molecular weight is 764 g/mol. The summed E-state index contributed by atoms with van der Waals surface area (Å²) in [6.45, 7) is 2.45. The molecule has 0 amide bonds. The minimum atomic E-state index is -0.367. The quantitative estimate of drug-likeness (QED) is 0.177. The minimum absolute atomic E-state index is 0.367. The molecule has 60 heavy (non-hydrogen) atoms. The van der Waals surface area contributed by atoms with Crippen LogP contribution >= 0.6 is 0 Å². The molecule has 2 heteroatoms. The molecule has 13 rings (SSSR count). The van der Waals surface area contributed by atoms with Crippen molar-refractivity contribution in [2.75, 3.05) is 4.90 Å². The first-order chi connectivity index (χ1) is 29.6. The number of nitrogens with zero attached hydrogens (tertiary/aromatic N) is 1. The summed E-state index contributed by atoms with van der Waals surface area (Å²) in [5.74, 6) is 0. The maximum atomic E-state index is 6.61. The number of hydrogen-bond acceptors (Lipinski definition) is 2. The highest BCUT2D eigenvalue weighted by atomic mass is 16.3. The maximum absolute atomic E-state index is 6.61. The average Bonchev–Trinajstić information content (AvgIpc) is 3.81. The number of anilines is 3. The second-order valence-corrected chi connectivity index (χ2v) is 16.5. The number of fused-ring (bicyclic) bond motifs is 10. The zero-order chi connectivity index (χ0) is 39.5. The van der Waals surface area contributed by atoms with Gasteiger partial charge in [0, 0.05) is 21.8 Å². The molecule has 280 valence electrons. The van der Waals surface area contributed by atoms with Crippen LogP contribution in [0.15, 0.2) is 211 Å². The maximum Gasteiger partial charge on any atom is 0.136 e. The van der Waals surface area contributed by atoms with Gasteiger partial charge in [0.25, 0.3) is 0 Å². The summed E-state index contributed by atoms with van der Waals surface area (Å²) in [5.41, 5.74) is 18.8. The van der Waals surface area contributed by atoms with Gasteiger partial charge >= 0.3 is 0 Å². The van der Waals surface area contributed by atoms with Crippen molar-refractivity contribution in [1.29, 1.82) is 0 Å². The van der Waals surface area contributed by atoms with Crippen molar-refractivity contribution in [3.8, 4) is 44.5 Å². The lowest BCUT2D eigenvalue weighted by Crippen LogP contribution is -2.32. The predicted molar refractivity (Wildman–Crippen MR) is 251 cm³/mol. The summed E-state index contributed by atoms with van der Waals surface area (Å²) in [6, 6.07) is 75.9. The van der Waals surface area contributed by atoms with Crippen molar-refractivity contribution < 1.29 is 4.42 Å². The first-order valence-electron chi connectivity index (χ1n) is 20.8. The first kappa shape index (κ1) is 33.3. The molecule has 0 saturated carbocycles. The van der Waals surface area contributed by atoms with Gasteiger partial charge in [0.2, 0.25) is 0 Å². The van der Waals surface area contributed by atoms with Gasteiger partial charge in [0.15, 0.2) is 0 Å². The Kier molecular flexibility index (Phi) is 6.89. The van der Waals surface area contributed by atoms with Gasteiger partial charge in [-0.3, -0.25) is 0 Å². The van der Waals surface area contributed by atoms with Crippen molar-refractivity contribution >= 4 is 60.5 Å². The normalized spacial score (nSPS) is 15.1. The van der Waals surface area contributed by atoms with E-state index in [1.807, 2.05) is 0 Å². The molecule has 0 spiro atoms. The molecular weight excluding hydrogens is 727 g/mol. The van der Waals surface area contributed by atoms with Crippen LogP contribution in [0.25, 0.3) is 88.0 Å². The molecule has 0 bridgehead atoms. The summed E-state index contributed by atoms with van der Waals surface area (Å²) < 4.78 is 6.61. The van der Waals surface area contributed by atoms with Gasteiger partial charge in [-0.05, 0) is 133 Å². The topological polar surface area (TPSA) is 16.4 Å². The summed E-state index contributed by atoms with van der Waals surface area (Å²) in [5, 5.41) is 7.17. The van der Waals surface area contributed by atoms with Gasteiger partial charge in [0.1, 0.15) is 11.2 Å². The number of furan rings is 1. The molecule has 0 saturated heterocycles. The molecule has 2 nitrogen and oxygen atoms in total. The zero-order valence-corrected chi connectivity index (χ0v) is 33.0. The van der Waals surface area contributed by atoms with E-state index in [1.165, 1.54) is 83.0 Å². The van der Waals surface area contributed by atoms with E-state index in [9.17, 15) is 0 Å². The Morgan fingerprint density at radius 2 is 1.00 bits per heavy atom. The van der Waals surface area contributed by atoms with Crippen LogP contribution in [0.5, 0.6) is 0 Å². The standard InChI is InChI=1S/C58H37NO/c1-58-49-26-8-6-21-44(49)47-25-12-28-53(57(47)58)59(52-31-30-40(34-50(52)58)37-18-10-19-41(32-37)43-23-11-17-36-14-4-5-20-42(36)43)51-27-9-7-22-45(51)46-24-13-29-54-56(46)48-33-38-15-2-3-16-39(38)35-55(48)60-54/h2-35H,1H3. The van der Waals surface area contributed by atoms with Crippen LogP contribution in [-0.2, 0) is 5.41 Å². The lowest BCUT2D eigenvalue weighted by molar-refractivity contribution is 0.669. The molecule has 1 atom stereocenters. The van der Waals surface area contributed by atoms with Crippen LogP contribution in [0.3, 0.4) is 0 Å². The summed E-state index contributed by atoms with van der Waals surface area (Å²) in [6.07, 6.45) is 0. The molecule has 0 fully saturated rings. The molecular formula is C58H37NO. The Labute approximate surface area is 348 Å². The summed E-state index contributed by atoms with van der Waals surface area (Å²) >= 11 is 0. The first-order valence-corrected chi connectivity index (χ1v) is 20.8. The molecule has 1 aliphatic carbocycles. The molecule has 1 aromatic heterocycles. The highest BCUT2D eigenvalue weighted by molar-refractivity contribution is 6.17. The number of hydrogen-bond donors (Lipinski definition) is 0. The monoisotopic (exact) mass is 763 g/mol. The van der Waals surface area contributed by atoms with Gasteiger partial charge in [-0.1, -0.05) is 158 Å². The second kappa shape index (κ2) is 12.4. The summed E-state index contributed by atoms with van der Waals surface area (Å²) in [4.78, 5) is 2.53. The number of para-hydroxylation sites is 1. The van der Waals surface area contributed by atoms with Crippen LogP contribution in [-0.4, -0.2) is 0 Å². The Morgan fingerprint density at radius 1 is 0.367 bits per heavy atom. The third kappa shape index (κ3) is 4.59. The fourth-order valence-electron chi connectivity index (χ4n) is 10.7. The van der Waals surface area contributed by atoms with Crippen LogP contribution in [0.2, 0.25) is 0 Å². The van der Waals surface area contributed by atoms with E-state index in [2.05, 4.69) is 218 Å². The van der Waals surface area contributed by atoms with Crippen molar-refractivity contribution in [2.45, 2.75) is 12.3 Å². The van der Waals surface area contributed by atoms with Gasteiger partial charge in [-0.15, -0.1) is 0 Å². The highest BCUT2D eigenvalue weighted by Gasteiger charge is 2.48. The van der Waals surface area contributed by atoms with Crippen molar-refractivity contribution in [3.63, 3.8) is 0 Å². The SMILES string of the molecule is CC12c3ccccc3-c3cccc(c31)N(c1ccccc1-c1cccc3oc4cc5ccccc5cc4c13)c1ccc(-c3cccc(-c4cccc5ccccc45)c3)cc12. The van der Waals surface area contributed by atoms with E-state index in [1.54, 1.807) is 0 Å². The van der Waals surface area contributed by atoms with E-state index >= 15 is 0 Å². The number of rotatable bonds is 4. The van der Waals surface area contributed by atoms with Crippen LogP contribution in [0.1, 0.15) is 23.6 Å². The lowest BCUT2D eigenvalue weighted by Gasteiger charge is -2.43. The molecule has 11 aromatic rings. The van der Waals surface area contributed by atoms with Gasteiger partial charge in [-0.2, -0.15) is 0 Å². The third-order valence-electron chi connectivity index (χ3n) is 13.4. The lowest BCUT2D eigenvalue weighted by atomic mass is 9.70. The summed E-state index contributed by atoms with van der Waals surface area (Å²) in [7, 11) is 0. The molecule has 0 N–H and O–H groups in total. The van der Waals surface area contributed by atoms with E-state index < -0.39 is 0 Å². The molecule has 1 aliphatic heterocycles. The molecule has 10 aromatic carbocycles. The minimum Gasteiger partial charge on any atom is -0.456 e. The van der Waals surface area contributed by atoms with Crippen LogP contribution < -0.4 is 4.90 Å². The van der Waals surface area contributed by atoms with Gasteiger partial charge in [-0.25, -0.2) is 0 Å². The molecule has 1 unspecified atom stereocenters. The highest BCUT2D eigenvalue weighted by Crippen LogP contribution is 2.63. The van der Waals surface area contributed by atoms with Crippen molar-refractivity contribution in [2.24, 2.45) is 0 Å². The fourth-order valence-corrected chi connectivity index (χ4v) is 10.7. The van der Waals surface area contributed by atoms with Gasteiger partial charge in [0.05, 0.1) is 17.1 Å². The Morgan fingerprint density at radius 3 is 1.92 bits per heavy atom. The molecule has 2 heterocycles. The largest absolute Gasteiger partial charge is 0.456 e. The smallest absolute Gasteiger partial charge is 0.136 e.